The number of ether oxygens (including phenoxy) is 1. The second-order valence-corrected chi connectivity index (χ2v) is 9.57. The average Bonchev–Trinajstić information content (AvgIpc) is 3.28. The van der Waals surface area contributed by atoms with Gasteiger partial charge in [0.15, 0.2) is 0 Å². The van der Waals surface area contributed by atoms with Crippen molar-refractivity contribution in [1.82, 2.24) is 0 Å². The minimum atomic E-state index is 0.276. The second kappa shape index (κ2) is 4.51. The van der Waals surface area contributed by atoms with Crippen molar-refractivity contribution in [3.05, 3.63) is 0 Å². The van der Waals surface area contributed by atoms with E-state index in [1.165, 1.54) is 64.2 Å². The Labute approximate surface area is 135 Å². The van der Waals surface area contributed by atoms with E-state index in [1.807, 2.05) is 0 Å². The minimum Gasteiger partial charge on any atom is -0.396 e. The van der Waals surface area contributed by atoms with Gasteiger partial charge >= 0.3 is 0 Å². The lowest BCUT2D eigenvalue weighted by atomic mass is 9.44. The topological polar surface area (TPSA) is 32.8 Å². The molecule has 0 amide bonds. The predicted molar refractivity (Wildman–Crippen MR) is 86.4 cm³/mol. The first-order valence-electron chi connectivity index (χ1n) is 9.90. The first-order valence-corrected chi connectivity index (χ1v) is 9.90. The van der Waals surface area contributed by atoms with Gasteiger partial charge in [0.1, 0.15) is 0 Å². The molecule has 4 aliphatic carbocycles. The van der Waals surface area contributed by atoms with Crippen molar-refractivity contribution in [1.29, 1.82) is 0 Å². The van der Waals surface area contributed by atoms with Crippen molar-refractivity contribution in [3.63, 3.8) is 0 Å². The molecule has 5 rings (SSSR count). The molecule has 0 aromatic rings. The zero-order valence-corrected chi connectivity index (χ0v) is 14.2. The zero-order valence-electron chi connectivity index (χ0n) is 14.2. The van der Waals surface area contributed by atoms with Crippen LogP contribution in [0, 0.1) is 34.5 Å². The highest BCUT2D eigenvalue weighted by molar-refractivity contribution is 5.18. The third-order valence-electron chi connectivity index (χ3n) is 9.36. The summed E-state index contributed by atoms with van der Waals surface area (Å²) in [5.74, 6) is 3.39. The third-order valence-corrected chi connectivity index (χ3v) is 9.36. The van der Waals surface area contributed by atoms with Crippen molar-refractivity contribution < 1.29 is 9.84 Å². The van der Waals surface area contributed by atoms with Crippen molar-refractivity contribution in [2.24, 2.45) is 34.5 Å². The van der Waals surface area contributed by atoms with E-state index >= 15 is 0 Å². The van der Waals surface area contributed by atoms with Gasteiger partial charge in [0.25, 0.3) is 0 Å². The number of epoxide rings is 1. The van der Waals surface area contributed by atoms with Gasteiger partial charge in [-0.25, -0.2) is 0 Å². The van der Waals surface area contributed by atoms with Crippen LogP contribution in [0.2, 0.25) is 0 Å². The van der Waals surface area contributed by atoms with Crippen LogP contribution in [0.4, 0.5) is 0 Å². The molecule has 22 heavy (non-hydrogen) atoms. The number of fused-ring (bicyclic) bond motifs is 6. The van der Waals surface area contributed by atoms with Gasteiger partial charge in [0.2, 0.25) is 0 Å². The number of rotatable bonds is 1. The zero-order chi connectivity index (χ0) is 15.0. The summed E-state index contributed by atoms with van der Waals surface area (Å²) in [7, 11) is 0. The maximum atomic E-state index is 10.4. The summed E-state index contributed by atoms with van der Waals surface area (Å²) in [6, 6.07) is 0. The molecule has 1 heterocycles. The molecule has 0 radical (unpaired) electrons. The van der Waals surface area contributed by atoms with Crippen LogP contribution in [0.5, 0.6) is 0 Å². The maximum Gasteiger partial charge on any atom is 0.0972 e. The quantitative estimate of drug-likeness (QED) is 0.738. The van der Waals surface area contributed by atoms with Crippen LogP contribution in [-0.2, 0) is 4.74 Å². The normalized spacial score (nSPS) is 59.7. The average molecular weight is 304 g/mol. The van der Waals surface area contributed by atoms with E-state index in [0.717, 1.165) is 30.3 Å². The van der Waals surface area contributed by atoms with E-state index in [1.54, 1.807) is 0 Å². The Kier molecular flexibility index (Phi) is 2.92. The minimum absolute atomic E-state index is 0.276. The molecule has 0 aromatic carbocycles. The summed E-state index contributed by atoms with van der Waals surface area (Å²) in [5, 5.41) is 10.4. The molecule has 1 aliphatic heterocycles. The van der Waals surface area contributed by atoms with Crippen LogP contribution in [-0.4, -0.2) is 23.9 Å². The van der Waals surface area contributed by atoms with Gasteiger partial charge in [-0.1, -0.05) is 19.8 Å². The highest BCUT2D eigenvalue weighted by Crippen LogP contribution is 2.71. The van der Waals surface area contributed by atoms with E-state index < -0.39 is 0 Å². The van der Waals surface area contributed by atoms with Gasteiger partial charge < -0.3 is 9.84 Å². The summed E-state index contributed by atoms with van der Waals surface area (Å²) in [6.07, 6.45) is 13.7. The Balaban J connectivity index is 1.50. The predicted octanol–water partition coefficient (Wildman–Crippen LogP) is 4.16. The Morgan fingerprint density at radius 1 is 0.955 bits per heavy atom. The lowest BCUT2D eigenvalue weighted by Crippen LogP contribution is -2.56. The summed E-state index contributed by atoms with van der Waals surface area (Å²) in [4.78, 5) is 0. The van der Waals surface area contributed by atoms with Gasteiger partial charge in [-0.15, -0.1) is 0 Å². The molecule has 4 saturated carbocycles. The lowest BCUT2D eigenvalue weighted by Gasteiger charge is -2.60. The van der Waals surface area contributed by atoms with Crippen molar-refractivity contribution >= 4 is 0 Å². The molecule has 1 saturated heterocycles. The van der Waals surface area contributed by atoms with Gasteiger partial charge in [-0.05, 0) is 80.5 Å². The van der Waals surface area contributed by atoms with Crippen molar-refractivity contribution in [2.75, 3.05) is 13.2 Å². The highest BCUT2D eigenvalue weighted by atomic mass is 16.6. The van der Waals surface area contributed by atoms with Crippen LogP contribution in [0.1, 0.15) is 71.1 Å². The molecule has 5 fully saturated rings. The molecule has 7 atom stereocenters. The van der Waals surface area contributed by atoms with Gasteiger partial charge in [0.05, 0.1) is 12.2 Å². The van der Waals surface area contributed by atoms with Gasteiger partial charge in [-0.2, -0.15) is 0 Å². The molecular weight excluding hydrogens is 272 g/mol. The van der Waals surface area contributed by atoms with Crippen molar-refractivity contribution in [2.45, 2.75) is 76.7 Å². The highest BCUT2D eigenvalue weighted by Gasteiger charge is 2.70. The van der Waals surface area contributed by atoms with E-state index in [4.69, 9.17) is 4.74 Å². The Morgan fingerprint density at radius 3 is 2.55 bits per heavy atom. The molecule has 1 N–H and O–H groups in total. The fourth-order valence-corrected chi connectivity index (χ4v) is 8.03. The van der Waals surface area contributed by atoms with Crippen LogP contribution < -0.4 is 0 Å². The molecule has 3 unspecified atom stereocenters. The SMILES string of the molecule is CC12CC[C@H]3C(CC[C@H]4CCCCC43CO)[C@@H]1CC[C@@]21CO1. The van der Waals surface area contributed by atoms with Gasteiger partial charge in [0, 0.05) is 12.0 Å². The van der Waals surface area contributed by atoms with E-state index in [0.29, 0.717) is 17.4 Å². The molecule has 0 bridgehead atoms. The molecule has 124 valence electrons. The number of aliphatic hydroxyl groups is 1. The largest absolute Gasteiger partial charge is 0.396 e. The Morgan fingerprint density at radius 2 is 1.77 bits per heavy atom. The molecule has 2 heteroatoms. The van der Waals surface area contributed by atoms with Crippen LogP contribution >= 0.6 is 0 Å². The molecule has 5 aliphatic rings. The second-order valence-electron chi connectivity index (χ2n) is 9.57. The van der Waals surface area contributed by atoms with Crippen molar-refractivity contribution in [3.8, 4) is 0 Å². The maximum absolute atomic E-state index is 10.4. The monoisotopic (exact) mass is 304 g/mol. The number of aliphatic hydroxyl groups excluding tert-OH is 1. The van der Waals surface area contributed by atoms with Crippen LogP contribution in [0.3, 0.4) is 0 Å². The first-order chi connectivity index (χ1) is 10.7. The fourth-order valence-electron chi connectivity index (χ4n) is 8.03. The summed E-state index contributed by atoms with van der Waals surface area (Å²) in [6.45, 7) is 4.04. The number of hydrogen-bond acceptors (Lipinski definition) is 2. The summed E-state index contributed by atoms with van der Waals surface area (Å²) < 4.78 is 6.02. The molecule has 2 nitrogen and oxygen atoms in total. The smallest absolute Gasteiger partial charge is 0.0972 e. The fraction of sp³-hybridized carbons (Fsp3) is 1.00. The summed E-state index contributed by atoms with van der Waals surface area (Å²) in [5.41, 5.74) is 1.02. The molecule has 0 aromatic heterocycles. The standard InChI is InChI=1S/C20H32O2/c1-18-10-7-17-15(16(18)8-11-20(18)13-22-20)6-5-14-4-2-3-9-19(14,17)12-21/h14-17,21H,2-13H2,1H3/t14-,15?,16+,17+,18?,19?,20-/m1/s1. The molecular formula is C20H32O2. The Hall–Kier alpha value is -0.0800. The number of hydrogen-bond donors (Lipinski definition) is 1. The van der Waals surface area contributed by atoms with Crippen LogP contribution in [0.15, 0.2) is 0 Å². The first kappa shape index (κ1) is 14.3. The van der Waals surface area contributed by atoms with E-state index in [-0.39, 0.29) is 5.60 Å². The Bertz CT molecular complexity index is 470. The summed E-state index contributed by atoms with van der Waals surface area (Å²) >= 11 is 0. The third kappa shape index (κ3) is 1.55. The van der Waals surface area contributed by atoms with E-state index in [9.17, 15) is 5.11 Å². The van der Waals surface area contributed by atoms with Crippen LogP contribution in [0.25, 0.3) is 0 Å². The van der Waals surface area contributed by atoms with Gasteiger partial charge in [-0.3, -0.25) is 0 Å². The molecule has 1 spiro atoms. The van der Waals surface area contributed by atoms with E-state index in [2.05, 4.69) is 6.92 Å². The lowest BCUT2D eigenvalue weighted by molar-refractivity contribution is -0.141.